The monoisotopic (exact) mass is 219 g/mol. The molecular formula is C11H13N3O2. The van der Waals surface area contributed by atoms with Crippen LogP contribution in [0, 0.1) is 10.1 Å². The molecule has 0 aliphatic rings. The minimum atomic E-state index is -0.583. The summed E-state index contributed by atoms with van der Waals surface area (Å²) in [6.45, 7) is 1.60. The van der Waals surface area contributed by atoms with Crippen molar-refractivity contribution in [2.24, 2.45) is 0 Å². The molecule has 0 aliphatic heterocycles. The molecule has 1 atom stereocenters. The highest BCUT2D eigenvalue weighted by Crippen LogP contribution is 2.22. The van der Waals surface area contributed by atoms with E-state index in [1.54, 1.807) is 13.0 Å². The summed E-state index contributed by atoms with van der Waals surface area (Å²) in [4.78, 5) is 13.4. The number of nitrogens with two attached hydrogens (primary N) is 1. The Kier molecular flexibility index (Phi) is 2.52. The zero-order valence-electron chi connectivity index (χ0n) is 8.93. The van der Waals surface area contributed by atoms with Crippen LogP contribution in [0.5, 0.6) is 0 Å². The first-order valence-corrected chi connectivity index (χ1v) is 5.07. The topological polar surface area (TPSA) is 85.0 Å². The maximum absolute atomic E-state index is 10.6. The van der Waals surface area contributed by atoms with Crippen LogP contribution in [0.15, 0.2) is 24.4 Å². The molecule has 84 valence electrons. The summed E-state index contributed by atoms with van der Waals surface area (Å²) in [5, 5.41) is 11.6. The lowest BCUT2D eigenvalue weighted by atomic mass is 10.1. The normalized spacial score (nSPS) is 12.8. The number of aromatic amines is 1. The molecule has 3 N–H and O–H groups in total. The number of benzene rings is 1. The maximum atomic E-state index is 10.6. The van der Waals surface area contributed by atoms with Crippen LogP contribution >= 0.6 is 0 Å². The Bertz CT molecular complexity index is 533. The Morgan fingerprint density at radius 3 is 3.00 bits per heavy atom. The summed E-state index contributed by atoms with van der Waals surface area (Å²) < 4.78 is 0. The Labute approximate surface area is 92.4 Å². The van der Waals surface area contributed by atoms with E-state index in [1.807, 2.05) is 18.3 Å². The van der Waals surface area contributed by atoms with E-state index in [0.717, 1.165) is 16.5 Å². The van der Waals surface area contributed by atoms with E-state index in [4.69, 9.17) is 5.73 Å². The lowest BCUT2D eigenvalue weighted by Gasteiger charge is -2.02. The van der Waals surface area contributed by atoms with Crippen molar-refractivity contribution in [3.05, 3.63) is 40.1 Å². The Balaban J connectivity index is 2.37. The molecule has 0 bridgehead atoms. The zero-order chi connectivity index (χ0) is 11.7. The third-order valence-corrected chi connectivity index (χ3v) is 2.67. The average molecular weight is 219 g/mol. The highest BCUT2D eigenvalue weighted by molar-refractivity contribution is 5.86. The first-order valence-electron chi connectivity index (χ1n) is 5.07. The third kappa shape index (κ3) is 1.84. The van der Waals surface area contributed by atoms with E-state index in [0.29, 0.717) is 12.1 Å². The number of nitrogen functional groups attached to an aromatic ring is 1. The van der Waals surface area contributed by atoms with Crippen molar-refractivity contribution >= 4 is 16.6 Å². The van der Waals surface area contributed by atoms with Gasteiger partial charge in [-0.15, -0.1) is 0 Å². The predicted molar refractivity (Wildman–Crippen MR) is 62.9 cm³/mol. The summed E-state index contributed by atoms with van der Waals surface area (Å²) >= 11 is 0. The molecule has 0 spiro atoms. The number of nitrogens with one attached hydrogen (secondary N) is 1. The van der Waals surface area contributed by atoms with Gasteiger partial charge in [-0.1, -0.05) is 0 Å². The standard InChI is InChI=1S/C11H13N3O2/c1-7(14(15)16)4-8-6-13-11-3-2-9(12)5-10(8)11/h2-3,5-7,13H,4,12H2,1H3. The SMILES string of the molecule is CC(Cc1c[nH]c2ccc(N)cc12)[N+](=O)[O-]. The second-order valence-corrected chi connectivity index (χ2v) is 3.96. The molecule has 1 unspecified atom stereocenters. The van der Waals surface area contributed by atoms with Crippen LogP contribution in [0.2, 0.25) is 0 Å². The van der Waals surface area contributed by atoms with E-state index in [-0.39, 0.29) is 4.92 Å². The van der Waals surface area contributed by atoms with Crippen molar-refractivity contribution in [2.75, 3.05) is 5.73 Å². The van der Waals surface area contributed by atoms with Crippen molar-refractivity contribution in [1.82, 2.24) is 4.98 Å². The quantitative estimate of drug-likeness (QED) is 0.470. The van der Waals surface area contributed by atoms with Gasteiger partial charge in [0.25, 0.3) is 0 Å². The molecule has 2 rings (SSSR count). The van der Waals surface area contributed by atoms with E-state index in [1.165, 1.54) is 0 Å². The number of hydrogen-bond acceptors (Lipinski definition) is 3. The average Bonchev–Trinajstić information content (AvgIpc) is 2.61. The van der Waals surface area contributed by atoms with Crippen molar-refractivity contribution in [2.45, 2.75) is 19.4 Å². The summed E-state index contributed by atoms with van der Waals surface area (Å²) in [7, 11) is 0. The number of fused-ring (bicyclic) bond motifs is 1. The van der Waals surface area contributed by atoms with Crippen molar-refractivity contribution in [3.63, 3.8) is 0 Å². The molecule has 0 saturated carbocycles. The molecular weight excluding hydrogens is 206 g/mol. The van der Waals surface area contributed by atoms with Gasteiger partial charge in [0, 0.05) is 41.1 Å². The first kappa shape index (κ1) is 10.5. The van der Waals surface area contributed by atoms with Crippen LogP contribution < -0.4 is 5.73 Å². The number of hydrogen-bond donors (Lipinski definition) is 2. The number of aromatic nitrogens is 1. The molecule has 0 aliphatic carbocycles. The second-order valence-electron chi connectivity index (χ2n) is 3.96. The van der Waals surface area contributed by atoms with Gasteiger partial charge >= 0.3 is 0 Å². The van der Waals surface area contributed by atoms with Crippen LogP contribution in [0.3, 0.4) is 0 Å². The minimum absolute atomic E-state index is 0.273. The Hall–Kier alpha value is -2.04. The van der Waals surface area contributed by atoms with E-state index in [9.17, 15) is 10.1 Å². The van der Waals surface area contributed by atoms with E-state index < -0.39 is 6.04 Å². The van der Waals surface area contributed by atoms with Gasteiger partial charge in [-0.2, -0.15) is 0 Å². The fourth-order valence-corrected chi connectivity index (χ4v) is 1.76. The summed E-state index contributed by atoms with van der Waals surface area (Å²) in [5.74, 6) is 0. The van der Waals surface area contributed by atoms with Crippen LogP contribution in [-0.2, 0) is 6.42 Å². The molecule has 16 heavy (non-hydrogen) atoms. The van der Waals surface area contributed by atoms with Gasteiger partial charge < -0.3 is 10.7 Å². The zero-order valence-corrected chi connectivity index (χ0v) is 8.93. The number of nitrogens with zero attached hydrogens (tertiary/aromatic N) is 1. The first-order chi connectivity index (χ1) is 7.58. The lowest BCUT2D eigenvalue weighted by molar-refractivity contribution is -0.517. The number of anilines is 1. The van der Waals surface area contributed by atoms with Crippen molar-refractivity contribution in [3.8, 4) is 0 Å². The molecule has 0 amide bonds. The number of rotatable bonds is 3. The number of nitro groups is 1. The van der Waals surface area contributed by atoms with Crippen LogP contribution in [0.4, 0.5) is 5.69 Å². The van der Waals surface area contributed by atoms with Gasteiger partial charge in [-0.25, -0.2) is 0 Å². The highest BCUT2D eigenvalue weighted by atomic mass is 16.6. The van der Waals surface area contributed by atoms with Gasteiger partial charge in [0.15, 0.2) is 0 Å². The smallest absolute Gasteiger partial charge is 0.214 e. The van der Waals surface area contributed by atoms with Gasteiger partial charge in [0.2, 0.25) is 6.04 Å². The van der Waals surface area contributed by atoms with Crippen molar-refractivity contribution in [1.29, 1.82) is 0 Å². The molecule has 5 heteroatoms. The lowest BCUT2D eigenvalue weighted by Crippen LogP contribution is -2.17. The number of H-pyrrole nitrogens is 1. The van der Waals surface area contributed by atoms with E-state index >= 15 is 0 Å². The largest absolute Gasteiger partial charge is 0.399 e. The van der Waals surface area contributed by atoms with Gasteiger partial charge in [0.1, 0.15) is 0 Å². The molecule has 0 saturated heterocycles. The molecule has 0 radical (unpaired) electrons. The van der Waals surface area contributed by atoms with Gasteiger partial charge in [0.05, 0.1) is 0 Å². The maximum Gasteiger partial charge on any atom is 0.214 e. The van der Waals surface area contributed by atoms with Crippen LogP contribution in [0.1, 0.15) is 12.5 Å². The highest BCUT2D eigenvalue weighted by Gasteiger charge is 2.16. The Morgan fingerprint density at radius 2 is 2.31 bits per heavy atom. The minimum Gasteiger partial charge on any atom is -0.399 e. The van der Waals surface area contributed by atoms with Gasteiger partial charge in [-0.05, 0) is 23.8 Å². The molecule has 1 heterocycles. The van der Waals surface area contributed by atoms with Crippen molar-refractivity contribution < 1.29 is 4.92 Å². The molecule has 0 fully saturated rings. The molecule has 5 nitrogen and oxygen atoms in total. The molecule has 2 aromatic rings. The predicted octanol–water partition coefficient (Wildman–Crippen LogP) is 1.96. The van der Waals surface area contributed by atoms with Gasteiger partial charge in [-0.3, -0.25) is 10.1 Å². The molecule has 1 aromatic heterocycles. The van der Waals surface area contributed by atoms with E-state index in [2.05, 4.69) is 4.98 Å². The fraction of sp³-hybridized carbons (Fsp3) is 0.273. The summed E-state index contributed by atoms with van der Waals surface area (Å²) in [5.41, 5.74) is 8.26. The fourth-order valence-electron chi connectivity index (χ4n) is 1.76. The summed E-state index contributed by atoms with van der Waals surface area (Å²) in [6.07, 6.45) is 2.22. The summed E-state index contributed by atoms with van der Waals surface area (Å²) in [6, 6.07) is 4.94. The van der Waals surface area contributed by atoms with Crippen LogP contribution in [-0.4, -0.2) is 15.9 Å². The third-order valence-electron chi connectivity index (χ3n) is 2.67. The van der Waals surface area contributed by atoms with Crippen LogP contribution in [0.25, 0.3) is 10.9 Å². The molecule has 1 aromatic carbocycles. The second kappa shape index (κ2) is 3.84. The Morgan fingerprint density at radius 1 is 1.56 bits per heavy atom.